The van der Waals surface area contributed by atoms with Crippen molar-refractivity contribution in [2.45, 2.75) is 0 Å². The Balaban J connectivity index is 0.922. The van der Waals surface area contributed by atoms with Gasteiger partial charge in [0.2, 0.25) is 0 Å². The van der Waals surface area contributed by atoms with E-state index in [1.165, 1.54) is 27.8 Å². The van der Waals surface area contributed by atoms with Gasteiger partial charge in [0.25, 0.3) is 0 Å². The molecule has 0 radical (unpaired) electrons. The van der Waals surface area contributed by atoms with E-state index in [4.69, 9.17) is 0 Å². The van der Waals surface area contributed by atoms with Crippen molar-refractivity contribution in [2.24, 2.45) is 0 Å². The lowest BCUT2D eigenvalue weighted by atomic mass is 9.93. The van der Waals surface area contributed by atoms with Crippen molar-refractivity contribution in [3.63, 3.8) is 0 Å². The quantitative estimate of drug-likeness (QED) is 0.101. The van der Waals surface area contributed by atoms with Crippen molar-refractivity contribution in [3.05, 3.63) is 320 Å². The Morgan fingerprint density at radius 2 is 0.423 bits per heavy atom. The van der Waals surface area contributed by atoms with E-state index in [0.717, 1.165) is 67.9 Å². The van der Waals surface area contributed by atoms with Crippen LogP contribution in [0.3, 0.4) is 0 Å². The summed E-state index contributed by atoms with van der Waals surface area (Å²) in [5, 5.41) is 0. The molecule has 338 valence electrons. The third-order valence-corrected chi connectivity index (χ3v) is 12.9. The molecule has 11 aromatic carbocycles. The molecule has 11 aromatic rings. The zero-order chi connectivity index (χ0) is 47.6. The predicted octanol–water partition coefficient (Wildman–Crippen LogP) is 19.0. The van der Waals surface area contributed by atoms with Crippen LogP contribution in [0.4, 0.5) is 51.2 Å². The van der Waals surface area contributed by atoms with Gasteiger partial charge in [-0.2, -0.15) is 0 Å². The first-order chi connectivity index (χ1) is 35.2. The molecule has 0 aliphatic rings. The lowest BCUT2D eigenvalue weighted by molar-refractivity contribution is 1.24. The van der Waals surface area contributed by atoms with Gasteiger partial charge in [-0.3, -0.25) is 0 Å². The van der Waals surface area contributed by atoms with E-state index in [1.807, 2.05) is 0 Å². The third-order valence-electron chi connectivity index (χ3n) is 12.9. The highest BCUT2D eigenvalue weighted by molar-refractivity contribution is 5.92. The maximum atomic E-state index is 2.34. The molecule has 0 aliphatic heterocycles. The molecule has 0 bridgehead atoms. The Hall–Kier alpha value is -9.44. The molecule has 0 aromatic heterocycles. The minimum Gasteiger partial charge on any atom is -0.311 e. The Morgan fingerprint density at radius 3 is 0.761 bits per heavy atom. The fraction of sp³-hybridized carbons (Fsp3) is 0. The summed E-state index contributed by atoms with van der Waals surface area (Å²) in [6.07, 6.45) is 2.30. The maximum Gasteiger partial charge on any atom is 0.0463 e. The summed E-state index contributed by atoms with van der Waals surface area (Å²) in [6, 6.07) is 108. The second-order valence-electron chi connectivity index (χ2n) is 17.4. The second kappa shape index (κ2) is 20.8. The molecular formula is C68H51N3. The van der Waals surface area contributed by atoms with E-state index in [0.29, 0.717) is 0 Å². The molecule has 0 saturated heterocycles. The molecule has 0 fully saturated rings. The van der Waals surface area contributed by atoms with Crippen LogP contribution in [0.2, 0.25) is 0 Å². The molecule has 3 nitrogen and oxygen atoms in total. The zero-order valence-electron chi connectivity index (χ0n) is 39.3. The zero-order valence-corrected chi connectivity index (χ0v) is 39.3. The topological polar surface area (TPSA) is 9.72 Å². The fourth-order valence-corrected chi connectivity index (χ4v) is 9.32. The van der Waals surface area contributed by atoms with E-state index in [2.05, 4.69) is 324 Å². The minimum atomic E-state index is 1.05. The van der Waals surface area contributed by atoms with Gasteiger partial charge in [-0.25, -0.2) is 0 Å². The first kappa shape index (κ1) is 44.1. The van der Waals surface area contributed by atoms with Crippen LogP contribution in [0.15, 0.2) is 303 Å². The number of para-hydroxylation sites is 4. The van der Waals surface area contributed by atoms with E-state index in [-0.39, 0.29) is 0 Å². The lowest BCUT2D eigenvalue weighted by Crippen LogP contribution is -2.13. The SMILES string of the molecule is C(=C(/c1ccccc1)c1ccc(-c2ccccc2)cc1)/c1ccc(-c2ccc(N(c3ccc(N(c4ccccc4)c4ccccc4)cc3)c3ccc(N(c4ccccc4)c4ccccc4)cc3)cc2)cc1. The van der Waals surface area contributed by atoms with Gasteiger partial charge < -0.3 is 14.7 Å². The summed E-state index contributed by atoms with van der Waals surface area (Å²) < 4.78 is 0. The summed E-state index contributed by atoms with van der Waals surface area (Å²) >= 11 is 0. The standard InChI is InChI=1S/C68H51N3/c1-7-19-53(20-8-1)55-35-37-58(38-36-55)68(57-21-9-2-10-22-57)51-52-31-33-54(34-32-52)56-39-41-63(42-40-56)71(66-47-43-64(44-48-66)69(59-23-11-3-12-24-59)60-25-13-4-14-26-60)67-49-45-65(46-50-67)70(61-27-15-5-16-28-61)62-29-17-6-18-30-62/h1-51H/b68-51+. The summed E-state index contributed by atoms with van der Waals surface area (Å²) in [7, 11) is 0. The highest BCUT2D eigenvalue weighted by Crippen LogP contribution is 2.42. The highest BCUT2D eigenvalue weighted by Gasteiger charge is 2.18. The Labute approximate surface area is 417 Å². The molecule has 11 rings (SSSR count). The third kappa shape index (κ3) is 9.94. The van der Waals surface area contributed by atoms with Crippen LogP contribution in [0.1, 0.15) is 16.7 Å². The number of nitrogens with zero attached hydrogens (tertiary/aromatic N) is 3. The summed E-state index contributed by atoms with van der Waals surface area (Å²) in [5.74, 6) is 0. The van der Waals surface area contributed by atoms with E-state index >= 15 is 0 Å². The Bertz CT molecular complexity index is 3230. The fourth-order valence-electron chi connectivity index (χ4n) is 9.32. The van der Waals surface area contributed by atoms with Gasteiger partial charge >= 0.3 is 0 Å². The van der Waals surface area contributed by atoms with Crippen molar-refractivity contribution < 1.29 is 0 Å². The summed E-state index contributed by atoms with van der Waals surface area (Å²) in [4.78, 5) is 6.94. The number of rotatable bonds is 14. The van der Waals surface area contributed by atoms with E-state index < -0.39 is 0 Å². The first-order valence-electron chi connectivity index (χ1n) is 24.2. The van der Waals surface area contributed by atoms with Gasteiger partial charge in [0, 0.05) is 51.2 Å². The summed E-state index contributed by atoms with van der Waals surface area (Å²) in [5.41, 5.74) is 19.2. The molecule has 0 atom stereocenters. The predicted molar refractivity (Wildman–Crippen MR) is 301 cm³/mol. The molecule has 0 aliphatic carbocycles. The van der Waals surface area contributed by atoms with Gasteiger partial charge in [-0.05, 0) is 160 Å². The van der Waals surface area contributed by atoms with Crippen molar-refractivity contribution in [1.82, 2.24) is 0 Å². The summed E-state index contributed by atoms with van der Waals surface area (Å²) in [6.45, 7) is 0. The largest absolute Gasteiger partial charge is 0.311 e. The molecule has 0 unspecified atom stereocenters. The average Bonchev–Trinajstić information content (AvgIpc) is 3.45. The lowest BCUT2D eigenvalue weighted by Gasteiger charge is -2.29. The average molecular weight is 910 g/mol. The molecule has 0 spiro atoms. The van der Waals surface area contributed by atoms with Crippen LogP contribution in [-0.4, -0.2) is 0 Å². The van der Waals surface area contributed by atoms with Crippen molar-refractivity contribution >= 4 is 62.8 Å². The van der Waals surface area contributed by atoms with Gasteiger partial charge in [0.1, 0.15) is 0 Å². The molecule has 0 amide bonds. The highest BCUT2D eigenvalue weighted by atomic mass is 15.2. The van der Waals surface area contributed by atoms with E-state index in [9.17, 15) is 0 Å². The van der Waals surface area contributed by atoms with Crippen LogP contribution in [-0.2, 0) is 0 Å². The minimum absolute atomic E-state index is 1.05. The van der Waals surface area contributed by atoms with Crippen molar-refractivity contribution in [2.75, 3.05) is 14.7 Å². The van der Waals surface area contributed by atoms with Gasteiger partial charge in [0.05, 0.1) is 0 Å². The molecule has 0 N–H and O–H groups in total. The molecule has 3 heteroatoms. The number of benzene rings is 11. The van der Waals surface area contributed by atoms with Crippen LogP contribution < -0.4 is 14.7 Å². The van der Waals surface area contributed by atoms with Crippen molar-refractivity contribution in [3.8, 4) is 22.3 Å². The first-order valence-corrected chi connectivity index (χ1v) is 24.2. The maximum absolute atomic E-state index is 2.34. The Kier molecular flexibility index (Phi) is 12.9. The van der Waals surface area contributed by atoms with Crippen LogP contribution in [0, 0.1) is 0 Å². The molecular weight excluding hydrogens is 859 g/mol. The number of hydrogen-bond acceptors (Lipinski definition) is 3. The number of anilines is 9. The molecule has 0 saturated carbocycles. The second-order valence-corrected chi connectivity index (χ2v) is 17.4. The van der Waals surface area contributed by atoms with Crippen LogP contribution in [0.5, 0.6) is 0 Å². The monoisotopic (exact) mass is 909 g/mol. The van der Waals surface area contributed by atoms with Crippen LogP contribution >= 0.6 is 0 Å². The molecule has 71 heavy (non-hydrogen) atoms. The Morgan fingerprint density at radius 1 is 0.197 bits per heavy atom. The number of hydrogen-bond donors (Lipinski definition) is 0. The van der Waals surface area contributed by atoms with E-state index in [1.54, 1.807) is 0 Å². The van der Waals surface area contributed by atoms with Gasteiger partial charge in [-0.15, -0.1) is 0 Å². The normalized spacial score (nSPS) is 11.2. The smallest absolute Gasteiger partial charge is 0.0463 e. The van der Waals surface area contributed by atoms with Gasteiger partial charge in [-0.1, -0.05) is 194 Å². The van der Waals surface area contributed by atoms with Crippen LogP contribution in [0.25, 0.3) is 33.9 Å². The van der Waals surface area contributed by atoms with Gasteiger partial charge in [0.15, 0.2) is 0 Å². The van der Waals surface area contributed by atoms with Crippen molar-refractivity contribution in [1.29, 1.82) is 0 Å². The molecule has 0 heterocycles.